The van der Waals surface area contributed by atoms with Gasteiger partial charge in [-0.1, -0.05) is 0 Å². The monoisotopic (exact) mass is 294 g/mol. The molecule has 21 heavy (non-hydrogen) atoms. The molecule has 0 radical (unpaired) electrons. The van der Waals surface area contributed by atoms with E-state index in [-0.39, 0.29) is 24.8 Å². The number of halogens is 1. The van der Waals surface area contributed by atoms with Crippen LogP contribution >= 0.6 is 0 Å². The second-order valence-electron chi connectivity index (χ2n) is 4.72. The van der Waals surface area contributed by atoms with E-state index in [4.69, 9.17) is 9.84 Å². The molecular weight excluding hydrogens is 275 g/mol. The number of aromatic amines is 1. The Hall–Kier alpha value is -1.92. The van der Waals surface area contributed by atoms with Gasteiger partial charge in [0.2, 0.25) is 5.91 Å². The fraction of sp³-hybridized carbons (Fsp3) is 0.400. The lowest BCUT2D eigenvalue weighted by molar-refractivity contribution is -0.120. The lowest BCUT2D eigenvalue weighted by Gasteiger charge is -2.05. The summed E-state index contributed by atoms with van der Waals surface area (Å²) in [6, 6.07) is 4.47. The number of carbonyl (C=O) groups is 1. The standard InChI is InChI=1S/C15H19FN2O3/c16-12-2-3-13-11(10-18-14(13)9-12)8-15(20)17-4-1-6-21-7-5-19/h2-3,9-10,18-19H,1,4-8H2,(H,17,20). The van der Waals surface area contributed by atoms with Gasteiger partial charge in [-0.3, -0.25) is 4.79 Å². The molecule has 0 aliphatic carbocycles. The van der Waals surface area contributed by atoms with Gasteiger partial charge < -0.3 is 20.1 Å². The molecule has 0 saturated heterocycles. The molecule has 0 spiro atoms. The number of H-pyrrole nitrogens is 1. The zero-order valence-corrected chi connectivity index (χ0v) is 11.7. The Morgan fingerprint density at radius 2 is 2.24 bits per heavy atom. The highest BCUT2D eigenvalue weighted by molar-refractivity contribution is 5.88. The van der Waals surface area contributed by atoms with Crippen LogP contribution in [0.5, 0.6) is 0 Å². The van der Waals surface area contributed by atoms with Crippen molar-refractivity contribution in [3.63, 3.8) is 0 Å². The zero-order chi connectivity index (χ0) is 15.1. The minimum Gasteiger partial charge on any atom is -0.394 e. The summed E-state index contributed by atoms with van der Waals surface area (Å²) in [5, 5.41) is 12.2. The van der Waals surface area contributed by atoms with Crippen molar-refractivity contribution in [2.24, 2.45) is 0 Å². The first-order valence-electron chi connectivity index (χ1n) is 6.91. The van der Waals surface area contributed by atoms with Gasteiger partial charge in [-0.15, -0.1) is 0 Å². The Labute approximate surface area is 122 Å². The Bertz CT molecular complexity index is 598. The molecule has 0 aliphatic rings. The van der Waals surface area contributed by atoms with Crippen LogP contribution in [0.3, 0.4) is 0 Å². The predicted octanol–water partition coefficient (Wildman–Crippen LogP) is 1.36. The van der Waals surface area contributed by atoms with Crippen LogP contribution in [-0.4, -0.2) is 42.4 Å². The summed E-state index contributed by atoms with van der Waals surface area (Å²) in [6.07, 6.45) is 2.68. The second kappa shape index (κ2) is 7.75. The van der Waals surface area contributed by atoms with Gasteiger partial charge in [-0.25, -0.2) is 4.39 Å². The maximum absolute atomic E-state index is 13.1. The Kier molecular flexibility index (Phi) is 5.71. The third kappa shape index (κ3) is 4.54. The van der Waals surface area contributed by atoms with E-state index in [1.54, 1.807) is 12.3 Å². The number of rotatable bonds is 8. The fourth-order valence-electron chi connectivity index (χ4n) is 2.11. The number of ether oxygens (including phenoxy) is 1. The molecule has 3 N–H and O–H groups in total. The summed E-state index contributed by atoms with van der Waals surface area (Å²) in [5.41, 5.74) is 1.54. The smallest absolute Gasteiger partial charge is 0.224 e. The number of aromatic nitrogens is 1. The minimum atomic E-state index is -0.303. The van der Waals surface area contributed by atoms with E-state index in [2.05, 4.69) is 10.3 Å². The highest BCUT2D eigenvalue weighted by Gasteiger charge is 2.09. The van der Waals surface area contributed by atoms with Gasteiger partial charge in [-0.05, 0) is 30.2 Å². The number of aliphatic hydroxyl groups excluding tert-OH is 1. The van der Waals surface area contributed by atoms with E-state index in [1.807, 2.05) is 0 Å². The summed E-state index contributed by atoms with van der Waals surface area (Å²) in [5.74, 6) is -0.384. The Balaban J connectivity index is 1.79. The molecule has 5 nitrogen and oxygen atoms in total. The molecule has 1 aromatic heterocycles. The van der Waals surface area contributed by atoms with Gasteiger partial charge in [0.1, 0.15) is 5.82 Å². The molecule has 0 bridgehead atoms. The Morgan fingerprint density at radius 3 is 3.05 bits per heavy atom. The number of aliphatic hydroxyl groups is 1. The number of nitrogens with one attached hydrogen (secondary N) is 2. The number of amides is 1. The maximum atomic E-state index is 13.1. The van der Waals surface area contributed by atoms with E-state index in [9.17, 15) is 9.18 Å². The number of carbonyl (C=O) groups excluding carboxylic acids is 1. The van der Waals surface area contributed by atoms with E-state index >= 15 is 0 Å². The summed E-state index contributed by atoms with van der Waals surface area (Å²) in [7, 11) is 0. The van der Waals surface area contributed by atoms with Crippen LogP contribution in [0.2, 0.25) is 0 Å². The molecule has 1 aromatic carbocycles. The molecule has 1 heterocycles. The largest absolute Gasteiger partial charge is 0.394 e. The molecule has 0 saturated carbocycles. The molecule has 114 valence electrons. The van der Waals surface area contributed by atoms with Crippen LogP contribution in [0.1, 0.15) is 12.0 Å². The summed E-state index contributed by atoms with van der Waals surface area (Å²) >= 11 is 0. The molecule has 2 aromatic rings. The van der Waals surface area contributed by atoms with Crippen LogP contribution in [0.15, 0.2) is 24.4 Å². The van der Waals surface area contributed by atoms with Crippen LogP contribution in [0, 0.1) is 5.82 Å². The Morgan fingerprint density at radius 1 is 1.38 bits per heavy atom. The normalized spacial score (nSPS) is 11.0. The second-order valence-corrected chi connectivity index (χ2v) is 4.72. The topological polar surface area (TPSA) is 74.4 Å². The van der Waals surface area contributed by atoms with Gasteiger partial charge in [0.05, 0.1) is 19.6 Å². The van der Waals surface area contributed by atoms with Crippen molar-refractivity contribution < 1.29 is 19.0 Å². The van der Waals surface area contributed by atoms with Gasteiger partial charge in [0.15, 0.2) is 0 Å². The van der Waals surface area contributed by atoms with Crippen molar-refractivity contribution in [2.45, 2.75) is 12.8 Å². The van der Waals surface area contributed by atoms with Gasteiger partial charge in [0.25, 0.3) is 0 Å². The molecule has 0 fully saturated rings. The minimum absolute atomic E-state index is 0.00746. The van der Waals surface area contributed by atoms with Gasteiger partial charge in [0, 0.05) is 30.3 Å². The van der Waals surface area contributed by atoms with E-state index < -0.39 is 0 Å². The SMILES string of the molecule is O=C(Cc1c[nH]c2cc(F)ccc12)NCCCOCCO. The van der Waals surface area contributed by atoms with Crippen LogP contribution in [-0.2, 0) is 16.0 Å². The number of fused-ring (bicyclic) bond motifs is 1. The van der Waals surface area contributed by atoms with Crippen molar-refractivity contribution in [1.29, 1.82) is 0 Å². The van der Waals surface area contributed by atoms with E-state index in [0.717, 1.165) is 10.9 Å². The van der Waals surface area contributed by atoms with Gasteiger partial charge >= 0.3 is 0 Å². The van der Waals surface area contributed by atoms with Crippen molar-refractivity contribution in [1.82, 2.24) is 10.3 Å². The predicted molar refractivity (Wildman–Crippen MR) is 77.5 cm³/mol. The summed E-state index contributed by atoms with van der Waals surface area (Å²) in [4.78, 5) is 14.8. The molecule has 2 rings (SSSR count). The van der Waals surface area contributed by atoms with Crippen molar-refractivity contribution >= 4 is 16.8 Å². The quantitative estimate of drug-likeness (QED) is 0.644. The van der Waals surface area contributed by atoms with Crippen molar-refractivity contribution in [3.05, 3.63) is 35.8 Å². The van der Waals surface area contributed by atoms with Crippen molar-refractivity contribution in [3.8, 4) is 0 Å². The molecule has 1 amide bonds. The van der Waals surface area contributed by atoms with E-state index in [1.165, 1.54) is 12.1 Å². The van der Waals surface area contributed by atoms with Crippen LogP contribution in [0.25, 0.3) is 10.9 Å². The molecule has 0 atom stereocenters. The highest BCUT2D eigenvalue weighted by atomic mass is 19.1. The lowest BCUT2D eigenvalue weighted by atomic mass is 10.1. The van der Waals surface area contributed by atoms with Gasteiger partial charge in [-0.2, -0.15) is 0 Å². The maximum Gasteiger partial charge on any atom is 0.224 e. The molecule has 6 heteroatoms. The number of benzene rings is 1. The summed E-state index contributed by atoms with van der Waals surface area (Å²) in [6.45, 7) is 1.36. The first-order valence-corrected chi connectivity index (χ1v) is 6.91. The molecular formula is C15H19FN2O3. The molecule has 0 aliphatic heterocycles. The lowest BCUT2D eigenvalue weighted by Crippen LogP contribution is -2.26. The number of hydrogen-bond donors (Lipinski definition) is 3. The van der Waals surface area contributed by atoms with Crippen LogP contribution < -0.4 is 5.32 Å². The summed E-state index contributed by atoms with van der Waals surface area (Å²) < 4.78 is 18.2. The first kappa shape index (κ1) is 15.5. The number of hydrogen-bond acceptors (Lipinski definition) is 3. The third-order valence-electron chi connectivity index (χ3n) is 3.10. The average Bonchev–Trinajstić information content (AvgIpc) is 2.85. The van der Waals surface area contributed by atoms with Crippen molar-refractivity contribution in [2.75, 3.05) is 26.4 Å². The zero-order valence-electron chi connectivity index (χ0n) is 11.7. The third-order valence-corrected chi connectivity index (χ3v) is 3.10. The van der Waals surface area contributed by atoms with E-state index in [0.29, 0.717) is 31.7 Å². The molecule has 0 unspecified atom stereocenters. The average molecular weight is 294 g/mol. The fourth-order valence-corrected chi connectivity index (χ4v) is 2.11. The first-order chi connectivity index (χ1) is 10.2. The highest BCUT2D eigenvalue weighted by Crippen LogP contribution is 2.19. The van der Waals surface area contributed by atoms with Crippen LogP contribution in [0.4, 0.5) is 4.39 Å².